The van der Waals surface area contributed by atoms with Crippen molar-refractivity contribution in [1.82, 2.24) is 16.0 Å². The molecule has 0 radical (unpaired) electrons. The molecule has 0 saturated carbocycles. The molecule has 8 heteroatoms. The molecular formula is C28H43N5O3. The number of carbonyl (C=O) groups excluding carboxylic acids is 1. The van der Waals surface area contributed by atoms with Crippen molar-refractivity contribution in [2.45, 2.75) is 46.6 Å². The molecule has 1 atom stereocenters. The number of ketones is 1. The van der Waals surface area contributed by atoms with Gasteiger partial charge in [0, 0.05) is 31.5 Å². The summed E-state index contributed by atoms with van der Waals surface area (Å²) in [4.78, 5) is 11.9. The first kappa shape index (κ1) is 30.8. The summed E-state index contributed by atoms with van der Waals surface area (Å²) >= 11 is 0. The Morgan fingerprint density at radius 3 is 2.50 bits per heavy atom. The Morgan fingerprint density at radius 1 is 1.22 bits per heavy atom. The van der Waals surface area contributed by atoms with E-state index in [1.807, 2.05) is 43.3 Å². The smallest absolute Gasteiger partial charge is 0.155 e. The van der Waals surface area contributed by atoms with Crippen LogP contribution in [-0.4, -0.2) is 56.1 Å². The predicted octanol–water partition coefficient (Wildman–Crippen LogP) is 3.86. The molecule has 1 aromatic carbocycles. The SMILES string of the molecule is C=C(N/C(Nc1ccccc1)=C(\C)C(=N)C(/C=C(/C)C(C)=O)=C/CCC)N[C@@H](CO)CNCCOC. The summed E-state index contributed by atoms with van der Waals surface area (Å²) in [7, 11) is 1.64. The zero-order valence-electron chi connectivity index (χ0n) is 22.3. The van der Waals surface area contributed by atoms with Gasteiger partial charge in [-0.1, -0.05) is 44.2 Å². The number of ether oxygens (including phenoxy) is 1. The molecule has 6 N–H and O–H groups in total. The highest BCUT2D eigenvalue weighted by Crippen LogP contribution is 2.18. The summed E-state index contributed by atoms with van der Waals surface area (Å²) in [5, 5.41) is 31.7. The van der Waals surface area contributed by atoms with Gasteiger partial charge in [0.15, 0.2) is 5.78 Å². The molecule has 0 aliphatic rings. The molecule has 1 rings (SSSR count). The molecule has 8 nitrogen and oxygen atoms in total. The monoisotopic (exact) mass is 497 g/mol. The Kier molecular flexibility index (Phi) is 14.8. The Balaban J connectivity index is 3.23. The minimum Gasteiger partial charge on any atom is -0.394 e. The van der Waals surface area contributed by atoms with Gasteiger partial charge in [0.25, 0.3) is 0 Å². The van der Waals surface area contributed by atoms with Crippen molar-refractivity contribution >= 4 is 17.2 Å². The van der Waals surface area contributed by atoms with E-state index in [4.69, 9.17) is 10.1 Å². The van der Waals surface area contributed by atoms with Crippen LogP contribution in [-0.2, 0) is 9.53 Å². The lowest BCUT2D eigenvalue weighted by molar-refractivity contribution is -0.113. The maximum Gasteiger partial charge on any atom is 0.155 e. The molecule has 0 aliphatic heterocycles. The standard InChI is InChI=1S/C28H43N5O3/c1-7-8-12-24(17-20(2)22(4)35)27(29)21(3)28(33-25-13-10-9-11-14-25)32-23(5)31-26(19-34)18-30-15-16-36-6/h9-14,17,26,29-34H,5,7-8,15-16,18-19H2,1-4,6H3/b20-17-,24-12+,28-21-,29-27?/t26-/m1/s1. The largest absolute Gasteiger partial charge is 0.394 e. The zero-order chi connectivity index (χ0) is 26.9. The van der Waals surface area contributed by atoms with E-state index in [1.54, 1.807) is 20.1 Å². The number of Topliss-reactive ketones (excluding diaryl/α,β-unsaturated/α-hetero) is 1. The van der Waals surface area contributed by atoms with Gasteiger partial charge < -0.3 is 31.1 Å². The minimum absolute atomic E-state index is 0.0284. The Bertz CT molecular complexity index is 951. The van der Waals surface area contributed by atoms with Crippen molar-refractivity contribution in [3.05, 3.63) is 77.4 Å². The zero-order valence-corrected chi connectivity index (χ0v) is 22.3. The van der Waals surface area contributed by atoms with E-state index in [9.17, 15) is 9.90 Å². The maximum absolute atomic E-state index is 11.9. The van der Waals surface area contributed by atoms with Gasteiger partial charge in [0.2, 0.25) is 0 Å². The number of hydrogen-bond acceptors (Lipinski definition) is 8. The summed E-state index contributed by atoms with van der Waals surface area (Å²) in [6.45, 7) is 13.0. The van der Waals surface area contributed by atoms with Gasteiger partial charge in [-0.15, -0.1) is 0 Å². The second-order valence-corrected chi connectivity index (χ2v) is 8.52. The average molecular weight is 498 g/mol. The second-order valence-electron chi connectivity index (χ2n) is 8.52. The van der Waals surface area contributed by atoms with Crippen LogP contribution in [0.1, 0.15) is 40.5 Å². The van der Waals surface area contributed by atoms with Crippen LogP contribution in [0.5, 0.6) is 0 Å². The van der Waals surface area contributed by atoms with Gasteiger partial charge >= 0.3 is 0 Å². The highest BCUT2D eigenvalue weighted by Gasteiger charge is 2.15. The minimum atomic E-state index is -0.263. The third-order valence-corrected chi connectivity index (χ3v) is 5.41. The molecule has 0 aromatic heterocycles. The lowest BCUT2D eigenvalue weighted by Crippen LogP contribution is -2.44. The first-order valence-corrected chi connectivity index (χ1v) is 12.3. The lowest BCUT2D eigenvalue weighted by atomic mass is 9.98. The van der Waals surface area contributed by atoms with E-state index in [-0.39, 0.29) is 18.4 Å². The van der Waals surface area contributed by atoms with Crippen LogP contribution < -0.4 is 21.3 Å². The first-order chi connectivity index (χ1) is 17.2. The third-order valence-electron chi connectivity index (χ3n) is 5.41. The fourth-order valence-corrected chi connectivity index (χ4v) is 3.14. The summed E-state index contributed by atoms with van der Waals surface area (Å²) in [6.07, 6.45) is 5.48. The third kappa shape index (κ3) is 11.5. The van der Waals surface area contributed by atoms with Crippen molar-refractivity contribution in [1.29, 1.82) is 5.41 Å². The number of aliphatic hydroxyl groups excluding tert-OH is 1. The number of rotatable bonds is 18. The number of benzene rings is 1. The van der Waals surface area contributed by atoms with E-state index in [0.717, 1.165) is 18.5 Å². The Hall–Kier alpha value is -3.20. The van der Waals surface area contributed by atoms with Crippen molar-refractivity contribution in [3.63, 3.8) is 0 Å². The van der Waals surface area contributed by atoms with Crippen LogP contribution in [0.25, 0.3) is 0 Å². The summed E-state index contributed by atoms with van der Waals surface area (Å²) in [6, 6.07) is 9.37. The lowest BCUT2D eigenvalue weighted by Gasteiger charge is -2.24. The van der Waals surface area contributed by atoms with Crippen molar-refractivity contribution < 1.29 is 14.6 Å². The van der Waals surface area contributed by atoms with Crippen LogP contribution in [0.2, 0.25) is 0 Å². The van der Waals surface area contributed by atoms with Gasteiger partial charge in [-0.25, -0.2) is 0 Å². The van der Waals surface area contributed by atoms with E-state index in [1.165, 1.54) is 6.92 Å². The number of unbranched alkanes of at least 4 members (excludes halogenated alkanes) is 1. The molecule has 0 bridgehead atoms. The number of methoxy groups -OCH3 is 1. The topological polar surface area (TPSA) is 118 Å². The Morgan fingerprint density at radius 2 is 1.92 bits per heavy atom. The molecule has 0 spiro atoms. The highest BCUT2D eigenvalue weighted by atomic mass is 16.5. The average Bonchev–Trinajstić information content (AvgIpc) is 2.87. The molecule has 36 heavy (non-hydrogen) atoms. The van der Waals surface area contributed by atoms with Crippen LogP contribution in [0, 0.1) is 5.41 Å². The van der Waals surface area contributed by atoms with Gasteiger partial charge in [0.1, 0.15) is 5.82 Å². The second kappa shape index (κ2) is 17.3. The van der Waals surface area contributed by atoms with Gasteiger partial charge in [0.05, 0.1) is 30.8 Å². The number of anilines is 1. The number of allylic oxidation sites excluding steroid dienone is 5. The number of hydrogen-bond donors (Lipinski definition) is 6. The van der Waals surface area contributed by atoms with E-state index in [0.29, 0.717) is 53.8 Å². The van der Waals surface area contributed by atoms with Crippen LogP contribution >= 0.6 is 0 Å². The molecule has 1 aromatic rings. The number of nitrogens with one attached hydrogen (secondary N) is 5. The summed E-state index contributed by atoms with van der Waals surface area (Å²) in [5.41, 5.74) is 3.07. The fraction of sp³-hybridized carbons (Fsp3) is 0.429. The van der Waals surface area contributed by atoms with Crippen LogP contribution in [0.3, 0.4) is 0 Å². The first-order valence-electron chi connectivity index (χ1n) is 12.3. The summed E-state index contributed by atoms with van der Waals surface area (Å²) in [5.74, 6) is 1.02. The van der Waals surface area contributed by atoms with E-state index >= 15 is 0 Å². The summed E-state index contributed by atoms with van der Waals surface area (Å²) < 4.78 is 5.04. The molecular weight excluding hydrogens is 454 g/mol. The van der Waals surface area contributed by atoms with Gasteiger partial charge in [-0.2, -0.15) is 0 Å². The normalized spacial score (nSPS) is 13.5. The molecule has 0 fully saturated rings. The number of para-hydroxylation sites is 1. The van der Waals surface area contributed by atoms with Crippen molar-refractivity contribution in [2.75, 3.05) is 38.7 Å². The van der Waals surface area contributed by atoms with Crippen LogP contribution in [0.15, 0.2) is 77.4 Å². The number of aliphatic hydroxyl groups is 1. The fourth-order valence-electron chi connectivity index (χ4n) is 3.14. The number of carbonyl (C=O) groups is 1. The molecule has 198 valence electrons. The molecule has 0 unspecified atom stereocenters. The highest BCUT2D eigenvalue weighted by molar-refractivity contribution is 6.13. The van der Waals surface area contributed by atoms with Gasteiger partial charge in [-0.3, -0.25) is 10.2 Å². The maximum atomic E-state index is 11.9. The van der Waals surface area contributed by atoms with E-state index in [2.05, 4.69) is 34.8 Å². The van der Waals surface area contributed by atoms with Crippen molar-refractivity contribution in [3.8, 4) is 0 Å². The van der Waals surface area contributed by atoms with Crippen LogP contribution in [0.4, 0.5) is 5.69 Å². The molecule has 0 amide bonds. The predicted molar refractivity (Wildman–Crippen MR) is 149 cm³/mol. The molecule has 0 saturated heterocycles. The quantitative estimate of drug-likeness (QED) is 0.0789. The molecule has 0 aliphatic carbocycles. The van der Waals surface area contributed by atoms with Crippen molar-refractivity contribution in [2.24, 2.45) is 0 Å². The Labute approximate surface area is 216 Å². The van der Waals surface area contributed by atoms with Gasteiger partial charge in [-0.05, 0) is 56.5 Å². The molecule has 0 heterocycles. The van der Waals surface area contributed by atoms with E-state index < -0.39 is 0 Å².